The Labute approximate surface area is 155 Å². The van der Waals surface area contributed by atoms with Gasteiger partial charge in [0, 0.05) is 25.4 Å². The molecule has 0 saturated heterocycles. The number of aryl methyl sites for hydroxylation is 1. The quantitative estimate of drug-likeness (QED) is 0.697. The number of nitrogens with zero attached hydrogens (tertiary/aromatic N) is 4. The van der Waals surface area contributed by atoms with Gasteiger partial charge in [-0.3, -0.25) is 9.48 Å². The van der Waals surface area contributed by atoms with Crippen molar-refractivity contribution < 1.29 is 14.7 Å². The van der Waals surface area contributed by atoms with Gasteiger partial charge in [-0.2, -0.15) is 10.2 Å². The number of carboxylic acids is 1. The molecule has 1 amide bonds. The number of hydrogen-bond acceptors (Lipinski definition) is 4. The van der Waals surface area contributed by atoms with Crippen molar-refractivity contribution in [3.05, 3.63) is 65.2 Å². The minimum atomic E-state index is -1.07. The van der Waals surface area contributed by atoms with Gasteiger partial charge in [-0.15, -0.1) is 0 Å². The molecule has 1 saturated carbocycles. The van der Waals surface area contributed by atoms with Crippen molar-refractivity contribution in [3.8, 4) is 5.69 Å². The molecule has 27 heavy (non-hydrogen) atoms. The van der Waals surface area contributed by atoms with Crippen LogP contribution in [0.1, 0.15) is 50.9 Å². The molecule has 1 aromatic carbocycles. The number of amides is 1. The van der Waals surface area contributed by atoms with Gasteiger partial charge in [0.25, 0.3) is 5.91 Å². The molecule has 2 N–H and O–H groups in total. The van der Waals surface area contributed by atoms with E-state index in [4.69, 9.17) is 5.11 Å². The van der Waals surface area contributed by atoms with Gasteiger partial charge in [-0.05, 0) is 42.5 Å². The lowest BCUT2D eigenvalue weighted by Crippen LogP contribution is -2.26. The smallest absolute Gasteiger partial charge is 0.356 e. The largest absolute Gasteiger partial charge is 0.476 e. The summed E-state index contributed by atoms with van der Waals surface area (Å²) in [5.41, 5.74) is 3.24. The number of aromatic carboxylic acids is 1. The van der Waals surface area contributed by atoms with Gasteiger partial charge in [-0.25, -0.2) is 9.48 Å². The van der Waals surface area contributed by atoms with Crippen LogP contribution in [0.2, 0.25) is 0 Å². The van der Waals surface area contributed by atoms with Gasteiger partial charge >= 0.3 is 5.97 Å². The monoisotopic (exact) mass is 365 g/mol. The molecule has 0 bridgehead atoms. The fourth-order valence-electron chi connectivity index (χ4n) is 3.08. The topological polar surface area (TPSA) is 102 Å². The third-order valence-electron chi connectivity index (χ3n) is 4.64. The first kappa shape index (κ1) is 17.0. The zero-order chi connectivity index (χ0) is 19.0. The van der Waals surface area contributed by atoms with E-state index in [2.05, 4.69) is 15.5 Å². The molecule has 0 radical (unpaired) electrons. The lowest BCUT2D eigenvalue weighted by Gasteiger charge is -2.09. The summed E-state index contributed by atoms with van der Waals surface area (Å²) >= 11 is 0. The Morgan fingerprint density at radius 1 is 1.30 bits per heavy atom. The molecule has 0 atom stereocenters. The Hall–Kier alpha value is -3.42. The number of benzene rings is 1. The van der Waals surface area contributed by atoms with Crippen molar-refractivity contribution in [2.24, 2.45) is 7.05 Å². The van der Waals surface area contributed by atoms with E-state index in [0.29, 0.717) is 18.2 Å². The van der Waals surface area contributed by atoms with Crippen molar-refractivity contribution in [2.45, 2.75) is 25.3 Å². The molecule has 1 fully saturated rings. The van der Waals surface area contributed by atoms with Gasteiger partial charge in [0.05, 0.1) is 11.9 Å². The zero-order valence-electron chi connectivity index (χ0n) is 14.8. The zero-order valence-corrected chi connectivity index (χ0v) is 14.8. The summed E-state index contributed by atoms with van der Waals surface area (Å²) < 4.78 is 3.12. The second kappa shape index (κ2) is 6.71. The van der Waals surface area contributed by atoms with E-state index in [1.165, 1.54) is 10.7 Å². The molecular formula is C19H19N5O3. The highest BCUT2D eigenvalue weighted by molar-refractivity contribution is 5.94. The highest BCUT2D eigenvalue weighted by Crippen LogP contribution is 2.41. The SMILES string of the molecule is Cn1ncc(C2CC2)c1C(=O)NCc1cccc(-n2ccc(C(=O)O)n2)c1. The standard InChI is InChI=1S/C19H19N5O3/c1-23-17(15(11-21-23)13-5-6-13)18(25)20-10-12-3-2-4-14(9-12)24-8-7-16(22-24)19(26)27/h2-4,7-9,11,13H,5-6,10H2,1H3,(H,20,25)(H,26,27). The van der Waals surface area contributed by atoms with Crippen LogP contribution in [0.15, 0.2) is 42.7 Å². The summed E-state index contributed by atoms with van der Waals surface area (Å²) in [7, 11) is 1.78. The van der Waals surface area contributed by atoms with E-state index in [9.17, 15) is 9.59 Å². The van der Waals surface area contributed by atoms with Crippen LogP contribution in [0.5, 0.6) is 0 Å². The summed E-state index contributed by atoms with van der Waals surface area (Å²) in [6.45, 7) is 0.356. The average Bonchev–Trinajstić information content (AvgIpc) is 3.24. The number of nitrogens with one attached hydrogen (secondary N) is 1. The summed E-state index contributed by atoms with van der Waals surface area (Å²) in [5, 5.41) is 20.2. The minimum absolute atomic E-state index is 0.0162. The number of carboxylic acid groups (broad SMARTS) is 1. The van der Waals surface area contributed by atoms with E-state index >= 15 is 0 Å². The molecule has 0 spiro atoms. The Kier molecular flexibility index (Phi) is 4.23. The van der Waals surface area contributed by atoms with Crippen molar-refractivity contribution in [1.29, 1.82) is 0 Å². The van der Waals surface area contributed by atoms with Gasteiger partial charge in [0.2, 0.25) is 0 Å². The summed E-state index contributed by atoms with van der Waals surface area (Å²) in [6, 6.07) is 8.88. The molecular weight excluding hydrogens is 346 g/mol. The number of hydrogen-bond donors (Lipinski definition) is 2. The number of rotatable bonds is 6. The molecule has 0 aliphatic heterocycles. The van der Waals surface area contributed by atoms with Crippen LogP contribution in [-0.4, -0.2) is 36.5 Å². The first-order chi connectivity index (χ1) is 13.0. The normalized spacial score (nSPS) is 13.5. The molecule has 2 heterocycles. The molecule has 1 aliphatic carbocycles. The third-order valence-corrected chi connectivity index (χ3v) is 4.64. The van der Waals surface area contributed by atoms with Crippen LogP contribution < -0.4 is 5.32 Å². The molecule has 8 heteroatoms. The first-order valence-corrected chi connectivity index (χ1v) is 8.71. The highest BCUT2D eigenvalue weighted by Gasteiger charge is 2.30. The molecule has 2 aromatic heterocycles. The van der Waals surface area contributed by atoms with Gasteiger partial charge in [0.15, 0.2) is 5.69 Å². The van der Waals surface area contributed by atoms with E-state index in [0.717, 1.165) is 29.7 Å². The fourth-order valence-corrected chi connectivity index (χ4v) is 3.08. The van der Waals surface area contributed by atoms with Crippen LogP contribution in [0.25, 0.3) is 5.69 Å². The van der Waals surface area contributed by atoms with Crippen molar-refractivity contribution in [1.82, 2.24) is 24.9 Å². The number of carbonyl (C=O) groups is 2. The fraction of sp³-hybridized carbons (Fsp3) is 0.263. The number of aromatic nitrogens is 4. The van der Waals surface area contributed by atoms with E-state index in [1.807, 2.05) is 24.3 Å². The maximum atomic E-state index is 12.6. The summed E-state index contributed by atoms with van der Waals surface area (Å²) in [6.07, 6.45) is 5.59. The lowest BCUT2D eigenvalue weighted by molar-refractivity contribution is 0.0689. The minimum Gasteiger partial charge on any atom is -0.476 e. The van der Waals surface area contributed by atoms with Crippen LogP contribution in [0, 0.1) is 0 Å². The van der Waals surface area contributed by atoms with Crippen LogP contribution in [0.3, 0.4) is 0 Å². The van der Waals surface area contributed by atoms with Crippen molar-refractivity contribution >= 4 is 11.9 Å². The predicted molar refractivity (Wildman–Crippen MR) is 96.9 cm³/mol. The number of carbonyl (C=O) groups excluding carboxylic acids is 1. The van der Waals surface area contributed by atoms with Crippen molar-refractivity contribution in [2.75, 3.05) is 0 Å². The maximum absolute atomic E-state index is 12.6. The molecule has 138 valence electrons. The Balaban J connectivity index is 1.48. The maximum Gasteiger partial charge on any atom is 0.356 e. The molecule has 1 aliphatic rings. The summed E-state index contributed by atoms with van der Waals surface area (Å²) in [5.74, 6) is -0.764. The Morgan fingerprint density at radius 2 is 2.11 bits per heavy atom. The molecule has 0 unspecified atom stereocenters. The predicted octanol–water partition coefficient (Wildman–Crippen LogP) is 2.11. The highest BCUT2D eigenvalue weighted by atomic mass is 16.4. The van der Waals surface area contributed by atoms with Gasteiger partial charge < -0.3 is 10.4 Å². The van der Waals surface area contributed by atoms with Gasteiger partial charge in [-0.1, -0.05) is 12.1 Å². The second-order valence-corrected chi connectivity index (χ2v) is 6.65. The summed E-state index contributed by atoms with van der Waals surface area (Å²) in [4.78, 5) is 23.6. The van der Waals surface area contributed by atoms with E-state index < -0.39 is 5.97 Å². The third kappa shape index (κ3) is 3.46. The van der Waals surface area contributed by atoms with Crippen LogP contribution in [-0.2, 0) is 13.6 Å². The lowest BCUT2D eigenvalue weighted by atomic mass is 10.1. The molecule has 4 rings (SSSR count). The average molecular weight is 365 g/mol. The van der Waals surface area contributed by atoms with E-state index in [-0.39, 0.29) is 11.6 Å². The second-order valence-electron chi connectivity index (χ2n) is 6.65. The van der Waals surface area contributed by atoms with Crippen molar-refractivity contribution in [3.63, 3.8) is 0 Å². The van der Waals surface area contributed by atoms with Crippen LogP contribution in [0.4, 0.5) is 0 Å². The van der Waals surface area contributed by atoms with Gasteiger partial charge in [0.1, 0.15) is 5.69 Å². The van der Waals surface area contributed by atoms with E-state index in [1.54, 1.807) is 24.1 Å². The Bertz CT molecular complexity index is 1020. The molecule has 3 aromatic rings. The molecule has 8 nitrogen and oxygen atoms in total. The first-order valence-electron chi connectivity index (χ1n) is 8.71. The Morgan fingerprint density at radius 3 is 2.81 bits per heavy atom. The van der Waals surface area contributed by atoms with Crippen LogP contribution >= 0.6 is 0 Å².